The van der Waals surface area contributed by atoms with E-state index in [2.05, 4.69) is 4.99 Å². The van der Waals surface area contributed by atoms with Crippen molar-refractivity contribution in [3.63, 3.8) is 0 Å². The van der Waals surface area contributed by atoms with Gasteiger partial charge in [0.1, 0.15) is 12.9 Å². The molecule has 0 aliphatic heterocycles. The molecule has 0 atom stereocenters. The average Bonchev–Trinajstić information content (AvgIpc) is 2.70. The van der Waals surface area contributed by atoms with Crippen LogP contribution in [-0.4, -0.2) is 19.0 Å². The molecule has 0 aliphatic carbocycles. The molecule has 4 heteroatoms. The van der Waals surface area contributed by atoms with E-state index < -0.39 is 7.14 Å². The van der Waals surface area contributed by atoms with Gasteiger partial charge >= 0.3 is 0 Å². The molecular weight excluding hydrogens is 341 g/mol. The molecule has 132 valence electrons. The van der Waals surface area contributed by atoms with Gasteiger partial charge < -0.3 is 9.30 Å². The normalized spacial score (nSPS) is 12.0. The zero-order chi connectivity index (χ0) is 18.4. The van der Waals surface area contributed by atoms with E-state index in [0.29, 0.717) is 6.16 Å². The summed E-state index contributed by atoms with van der Waals surface area (Å²) in [5.74, 6) is 0.792. The molecule has 0 fully saturated rings. The largest absolute Gasteiger partial charge is 0.497 e. The second-order valence-electron chi connectivity index (χ2n) is 6.11. The lowest BCUT2D eigenvalue weighted by atomic mass is 10.3. The number of benzene rings is 3. The number of nitrogens with zero attached hydrogens (tertiary/aromatic N) is 1. The van der Waals surface area contributed by atoms with Gasteiger partial charge in [-0.25, -0.2) is 0 Å². The second kappa shape index (κ2) is 8.16. The topological polar surface area (TPSA) is 38.7 Å². The van der Waals surface area contributed by atoms with Crippen LogP contribution in [0.25, 0.3) is 0 Å². The number of hydrogen-bond acceptors (Lipinski definition) is 3. The fraction of sp³-hybridized carbons (Fsp3) is 0.136. The van der Waals surface area contributed by atoms with Crippen molar-refractivity contribution in [3.8, 4) is 5.75 Å². The summed E-state index contributed by atoms with van der Waals surface area (Å²) in [7, 11) is -1.15. The summed E-state index contributed by atoms with van der Waals surface area (Å²) in [6.45, 7) is 1.93. The maximum atomic E-state index is 14.0. The lowest BCUT2D eigenvalue weighted by Gasteiger charge is -2.19. The maximum absolute atomic E-state index is 14.0. The van der Waals surface area contributed by atoms with Gasteiger partial charge in [-0.15, -0.1) is 0 Å². The summed E-state index contributed by atoms with van der Waals surface area (Å²) in [6, 6.07) is 26.9. The molecule has 0 saturated heterocycles. The first kappa shape index (κ1) is 18.2. The summed E-state index contributed by atoms with van der Waals surface area (Å²) in [4.78, 5) is 4.66. The SMILES string of the molecule is COc1ccc(N=C(C)CP(=O)(c2ccccc2)c2ccccc2)cc1. The van der Waals surface area contributed by atoms with Crippen molar-refractivity contribution in [1.29, 1.82) is 0 Å². The Kier molecular flexibility index (Phi) is 5.70. The quantitative estimate of drug-likeness (QED) is 0.466. The summed E-state index contributed by atoms with van der Waals surface area (Å²) < 4.78 is 19.2. The zero-order valence-corrected chi connectivity index (χ0v) is 15.9. The van der Waals surface area contributed by atoms with Crippen molar-refractivity contribution >= 4 is 29.2 Å². The Morgan fingerprint density at radius 3 is 1.81 bits per heavy atom. The van der Waals surface area contributed by atoms with Gasteiger partial charge in [0.2, 0.25) is 0 Å². The van der Waals surface area contributed by atoms with Gasteiger partial charge in [0, 0.05) is 22.5 Å². The number of methoxy groups -OCH3 is 1. The Balaban J connectivity index is 1.95. The zero-order valence-electron chi connectivity index (χ0n) is 15.0. The first-order valence-corrected chi connectivity index (χ1v) is 10.4. The Labute approximate surface area is 154 Å². The predicted octanol–water partition coefficient (Wildman–Crippen LogP) is 4.80. The van der Waals surface area contributed by atoms with Gasteiger partial charge in [-0.2, -0.15) is 0 Å². The highest BCUT2D eigenvalue weighted by molar-refractivity contribution is 7.79. The van der Waals surface area contributed by atoms with Crippen LogP contribution in [0.2, 0.25) is 0 Å². The number of hydrogen-bond donors (Lipinski definition) is 0. The van der Waals surface area contributed by atoms with E-state index in [1.807, 2.05) is 91.9 Å². The van der Waals surface area contributed by atoms with Crippen molar-refractivity contribution in [2.75, 3.05) is 13.3 Å². The molecule has 0 heterocycles. The molecular formula is C22H22NO2P. The van der Waals surface area contributed by atoms with E-state index in [0.717, 1.165) is 27.8 Å². The van der Waals surface area contributed by atoms with E-state index in [4.69, 9.17) is 4.74 Å². The van der Waals surface area contributed by atoms with Crippen LogP contribution >= 0.6 is 7.14 Å². The molecule has 0 aliphatic rings. The first-order chi connectivity index (χ1) is 12.6. The molecule has 0 amide bonds. The second-order valence-corrected chi connectivity index (χ2v) is 8.94. The summed E-state index contributed by atoms with van der Waals surface area (Å²) in [6.07, 6.45) is 0.410. The predicted molar refractivity (Wildman–Crippen MR) is 110 cm³/mol. The van der Waals surface area contributed by atoms with Crippen LogP contribution in [0.3, 0.4) is 0 Å². The molecule has 0 radical (unpaired) electrons. The molecule has 3 aromatic rings. The van der Waals surface area contributed by atoms with Crippen molar-refractivity contribution in [1.82, 2.24) is 0 Å². The van der Waals surface area contributed by atoms with Crippen molar-refractivity contribution in [2.45, 2.75) is 6.92 Å². The van der Waals surface area contributed by atoms with E-state index in [9.17, 15) is 4.57 Å². The van der Waals surface area contributed by atoms with Crippen LogP contribution in [-0.2, 0) is 4.57 Å². The van der Waals surface area contributed by atoms with Crippen molar-refractivity contribution < 1.29 is 9.30 Å². The summed E-state index contributed by atoms with van der Waals surface area (Å²) >= 11 is 0. The van der Waals surface area contributed by atoms with Crippen molar-refractivity contribution in [3.05, 3.63) is 84.9 Å². The highest BCUT2D eigenvalue weighted by Crippen LogP contribution is 2.43. The molecule has 0 bridgehead atoms. The van der Waals surface area contributed by atoms with Crippen molar-refractivity contribution in [2.24, 2.45) is 4.99 Å². The minimum absolute atomic E-state index is 0.410. The minimum Gasteiger partial charge on any atom is -0.497 e. The van der Waals surface area contributed by atoms with E-state index in [1.54, 1.807) is 7.11 Å². The van der Waals surface area contributed by atoms with Crippen LogP contribution in [0.4, 0.5) is 5.69 Å². The van der Waals surface area contributed by atoms with Crippen LogP contribution in [0, 0.1) is 0 Å². The van der Waals surface area contributed by atoms with Gasteiger partial charge in [-0.3, -0.25) is 4.99 Å². The average molecular weight is 363 g/mol. The molecule has 3 nitrogen and oxygen atoms in total. The van der Waals surface area contributed by atoms with E-state index >= 15 is 0 Å². The molecule has 0 aromatic heterocycles. The third kappa shape index (κ3) is 4.12. The lowest BCUT2D eigenvalue weighted by molar-refractivity contribution is 0.415. The minimum atomic E-state index is -2.79. The summed E-state index contributed by atoms with van der Waals surface area (Å²) in [5.41, 5.74) is 1.67. The molecule has 0 spiro atoms. The van der Waals surface area contributed by atoms with Crippen LogP contribution in [0.1, 0.15) is 6.92 Å². The number of rotatable bonds is 6. The summed E-state index contributed by atoms with van der Waals surface area (Å²) in [5, 5.41) is 1.71. The first-order valence-electron chi connectivity index (χ1n) is 8.50. The fourth-order valence-electron chi connectivity index (χ4n) is 2.90. The molecule has 26 heavy (non-hydrogen) atoms. The highest BCUT2D eigenvalue weighted by Gasteiger charge is 2.27. The monoisotopic (exact) mass is 363 g/mol. The molecule has 3 rings (SSSR count). The molecule has 0 saturated carbocycles. The Bertz CT molecular complexity index is 876. The number of ether oxygens (including phenoxy) is 1. The lowest BCUT2D eigenvalue weighted by Crippen LogP contribution is -2.21. The van der Waals surface area contributed by atoms with Crippen LogP contribution in [0.15, 0.2) is 89.9 Å². The highest BCUT2D eigenvalue weighted by atomic mass is 31.2. The fourth-order valence-corrected chi connectivity index (χ4v) is 5.59. The smallest absolute Gasteiger partial charge is 0.148 e. The van der Waals surface area contributed by atoms with Crippen LogP contribution in [0.5, 0.6) is 5.75 Å². The third-order valence-electron chi connectivity index (χ3n) is 4.19. The van der Waals surface area contributed by atoms with Gasteiger partial charge in [-0.1, -0.05) is 60.7 Å². The van der Waals surface area contributed by atoms with Gasteiger partial charge in [0.05, 0.1) is 12.8 Å². The molecule has 3 aromatic carbocycles. The maximum Gasteiger partial charge on any atom is 0.148 e. The Morgan fingerprint density at radius 1 is 0.846 bits per heavy atom. The van der Waals surface area contributed by atoms with Gasteiger partial charge in [0.25, 0.3) is 0 Å². The van der Waals surface area contributed by atoms with Gasteiger partial charge in [-0.05, 0) is 31.2 Å². The van der Waals surface area contributed by atoms with E-state index in [-0.39, 0.29) is 0 Å². The number of aliphatic imine (C=N–C) groups is 1. The third-order valence-corrected chi connectivity index (χ3v) is 7.36. The molecule has 0 N–H and O–H groups in total. The Hall–Kier alpha value is -2.64. The molecule has 0 unspecified atom stereocenters. The van der Waals surface area contributed by atoms with Gasteiger partial charge in [0.15, 0.2) is 0 Å². The standard InChI is InChI=1S/C22H22NO2P/c1-18(23-19-13-15-20(25-2)16-14-19)17-26(24,21-9-5-3-6-10-21)22-11-7-4-8-12-22/h3-16H,17H2,1-2H3. The Morgan fingerprint density at radius 2 is 1.35 bits per heavy atom. The van der Waals surface area contributed by atoms with Crippen LogP contribution < -0.4 is 15.3 Å². The van der Waals surface area contributed by atoms with E-state index in [1.165, 1.54) is 0 Å².